The van der Waals surface area contributed by atoms with Crippen LogP contribution in [0.5, 0.6) is 0 Å². The number of ketones is 1. The number of hydrogen-bond donors (Lipinski definition) is 1. The molecule has 5 atom stereocenters. The molecular weight excluding hydrogens is 272 g/mol. The Balaban J connectivity index is 2.34. The zero-order valence-electron chi connectivity index (χ0n) is 14.9. The van der Waals surface area contributed by atoms with Crippen molar-refractivity contribution in [2.24, 2.45) is 22.7 Å². The van der Waals surface area contributed by atoms with Gasteiger partial charge in [-0.05, 0) is 68.3 Å². The molecule has 1 N–H and O–H groups in total. The second-order valence-electron chi connectivity index (χ2n) is 8.47. The maximum atomic E-state index is 12.2. The molecule has 4 unspecified atom stereocenters. The van der Waals surface area contributed by atoms with Crippen molar-refractivity contribution >= 4 is 5.78 Å². The van der Waals surface area contributed by atoms with Crippen LogP contribution in [0.2, 0.25) is 0 Å². The molecule has 2 heteroatoms. The number of carbonyl (C=O) groups is 1. The van der Waals surface area contributed by atoms with Gasteiger partial charge in [0, 0.05) is 6.42 Å². The molecule has 2 nitrogen and oxygen atoms in total. The molecule has 2 aliphatic rings. The molecule has 0 heterocycles. The molecule has 1 saturated carbocycles. The van der Waals surface area contributed by atoms with Gasteiger partial charge in [-0.25, -0.2) is 0 Å². The van der Waals surface area contributed by atoms with Crippen molar-refractivity contribution < 1.29 is 9.90 Å². The van der Waals surface area contributed by atoms with E-state index in [2.05, 4.69) is 34.3 Å². The molecule has 0 aromatic heterocycles. The van der Waals surface area contributed by atoms with Gasteiger partial charge in [0.25, 0.3) is 0 Å². The van der Waals surface area contributed by atoms with Crippen molar-refractivity contribution in [2.75, 3.05) is 0 Å². The Morgan fingerprint density at radius 1 is 1.50 bits per heavy atom. The van der Waals surface area contributed by atoms with E-state index < -0.39 is 5.60 Å². The van der Waals surface area contributed by atoms with Crippen molar-refractivity contribution in [1.29, 1.82) is 0 Å². The molecule has 22 heavy (non-hydrogen) atoms. The van der Waals surface area contributed by atoms with Crippen LogP contribution in [0, 0.1) is 22.7 Å². The highest BCUT2D eigenvalue weighted by molar-refractivity contribution is 5.92. The van der Waals surface area contributed by atoms with E-state index >= 15 is 0 Å². The van der Waals surface area contributed by atoms with Crippen molar-refractivity contribution in [3.8, 4) is 0 Å². The van der Waals surface area contributed by atoms with E-state index in [0.717, 1.165) is 6.42 Å². The highest BCUT2D eigenvalue weighted by Crippen LogP contribution is 2.61. The monoisotopic (exact) mass is 304 g/mol. The fourth-order valence-corrected chi connectivity index (χ4v) is 4.73. The van der Waals surface area contributed by atoms with Gasteiger partial charge in [-0.3, -0.25) is 4.79 Å². The Kier molecular flexibility index (Phi) is 4.47. The zero-order valence-corrected chi connectivity index (χ0v) is 14.9. The molecule has 124 valence electrons. The summed E-state index contributed by atoms with van der Waals surface area (Å²) >= 11 is 0. The molecule has 0 aromatic rings. The minimum Gasteiger partial charge on any atom is -0.386 e. The van der Waals surface area contributed by atoms with Gasteiger partial charge in [-0.1, -0.05) is 32.4 Å². The predicted octanol–water partition coefficient (Wildman–Crippen LogP) is 4.68. The maximum Gasteiger partial charge on any atom is 0.155 e. The molecule has 2 rings (SSSR count). The minimum atomic E-state index is -0.819. The third-order valence-electron chi connectivity index (χ3n) is 7.08. The summed E-state index contributed by atoms with van der Waals surface area (Å²) in [6, 6.07) is 0. The lowest BCUT2D eigenvalue weighted by Crippen LogP contribution is -2.51. The molecule has 0 aromatic carbocycles. The lowest BCUT2D eigenvalue weighted by Gasteiger charge is -2.58. The molecular formula is C20H32O2. The van der Waals surface area contributed by atoms with Crippen molar-refractivity contribution in [3.63, 3.8) is 0 Å². The lowest BCUT2D eigenvalue weighted by atomic mass is 9.46. The van der Waals surface area contributed by atoms with Crippen LogP contribution in [-0.4, -0.2) is 16.5 Å². The van der Waals surface area contributed by atoms with Gasteiger partial charge in [-0.2, -0.15) is 0 Å². The van der Waals surface area contributed by atoms with Gasteiger partial charge in [0.1, 0.15) is 0 Å². The first-order chi connectivity index (χ1) is 10.0. The summed E-state index contributed by atoms with van der Waals surface area (Å²) in [5.74, 6) is 1.22. The zero-order chi connectivity index (χ0) is 16.8. The van der Waals surface area contributed by atoms with Gasteiger partial charge in [0.05, 0.1) is 5.60 Å². The third kappa shape index (κ3) is 2.82. The molecule has 2 aliphatic carbocycles. The average molecular weight is 304 g/mol. The van der Waals surface area contributed by atoms with E-state index in [9.17, 15) is 9.90 Å². The highest BCUT2D eigenvalue weighted by atomic mass is 16.3. The number of rotatable bonds is 4. The minimum absolute atomic E-state index is 0.0885. The summed E-state index contributed by atoms with van der Waals surface area (Å²) in [5.41, 5.74) is 0.655. The molecule has 0 amide bonds. The van der Waals surface area contributed by atoms with E-state index in [1.165, 1.54) is 18.4 Å². The fourth-order valence-electron chi connectivity index (χ4n) is 4.73. The van der Waals surface area contributed by atoms with E-state index in [0.29, 0.717) is 24.7 Å². The fraction of sp³-hybridized carbons (Fsp3) is 0.750. The van der Waals surface area contributed by atoms with Crippen LogP contribution in [0.3, 0.4) is 0 Å². The lowest BCUT2D eigenvalue weighted by molar-refractivity contribution is -0.124. The van der Waals surface area contributed by atoms with E-state index in [-0.39, 0.29) is 16.6 Å². The van der Waals surface area contributed by atoms with Crippen LogP contribution >= 0.6 is 0 Å². The Morgan fingerprint density at radius 2 is 2.14 bits per heavy atom. The van der Waals surface area contributed by atoms with Crippen LogP contribution in [0.25, 0.3) is 0 Å². The maximum absolute atomic E-state index is 12.2. The van der Waals surface area contributed by atoms with Crippen molar-refractivity contribution in [1.82, 2.24) is 0 Å². The normalized spacial score (nSPS) is 41.4. The molecule has 0 radical (unpaired) electrons. The first-order valence-corrected chi connectivity index (χ1v) is 8.63. The Morgan fingerprint density at radius 3 is 2.73 bits per heavy atom. The summed E-state index contributed by atoms with van der Waals surface area (Å²) in [6.45, 7) is 14.7. The van der Waals surface area contributed by atoms with E-state index in [1.54, 1.807) is 6.08 Å². The van der Waals surface area contributed by atoms with Crippen LogP contribution < -0.4 is 0 Å². The van der Waals surface area contributed by atoms with E-state index in [4.69, 9.17) is 0 Å². The number of allylic oxidation sites excluding steroid dienone is 2. The molecule has 0 bridgehead atoms. The van der Waals surface area contributed by atoms with Crippen molar-refractivity contribution in [2.45, 2.75) is 72.3 Å². The summed E-state index contributed by atoms with van der Waals surface area (Å²) in [7, 11) is 0. The molecule has 0 saturated heterocycles. The number of aliphatic hydroxyl groups is 1. The third-order valence-corrected chi connectivity index (χ3v) is 7.08. The summed E-state index contributed by atoms with van der Waals surface area (Å²) < 4.78 is 0. The van der Waals surface area contributed by atoms with Crippen LogP contribution in [0.1, 0.15) is 66.7 Å². The quantitative estimate of drug-likeness (QED) is 0.766. The Bertz CT molecular complexity index is 502. The number of hydrogen-bond acceptors (Lipinski definition) is 2. The van der Waals surface area contributed by atoms with Gasteiger partial charge in [0.2, 0.25) is 0 Å². The summed E-state index contributed by atoms with van der Waals surface area (Å²) in [6.07, 6.45) is 8.17. The summed E-state index contributed by atoms with van der Waals surface area (Å²) in [5, 5.41) is 10.3. The summed E-state index contributed by atoms with van der Waals surface area (Å²) in [4.78, 5) is 12.2. The predicted molar refractivity (Wildman–Crippen MR) is 91.5 cm³/mol. The van der Waals surface area contributed by atoms with Gasteiger partial charge >= 0.3 is 0 Å². The van der Waals surface area contributed by atoms with E-state index in [1.807, 2.05) is 13.0 Å². The molecule has 0 spiro atoms. The van der Waals surface area contributed by atoms with Gasteiger partial charge in [0.15, 0.2) is 5.78 Å². The first-order valence-electron chi connectivity index (χ1n) is 8.63. The second kappa shape index (κ2) is 5.63. The van der Waals surface area contributed by atoms with Crippen LogP contribution in [0.4, 0.5) is 0 Å². The highest BCUT2D eigenvalue weighted by Gasteiger charge is 2.54. The smallest absolute Gasteiger partial charge is 0.155 e. The van der Waals surface area contributed by atoms with Crippen molar-refractivity contribution in [3.05, 3.63) is 24.3 Å². The average Bonchev–Trinajstić information content (AvgIpc) is 2.45. The molecule has 0 aliphatic heterocycles. The topological polar surface area (TPSA) is 37.3 Å². The first kappa shape index (κ1) is 17.5. The van der Waals surface area contributed by atoms with Gasteiger partial charge in [-0.15, -0.1) is 6.58 Å². The van der Waals surface area contributed by atoms with Crippen LogP contribution in [0.15, 0.2) is 24.3 Å². The SMILES string of the molecule is C=CC(C)(O)CCC1(C)C(C)CCC2(C)C(C)=CC(=O)C[C@@H]21. The number of carbonyl (C=O) groups excluding carboxylic acids is 1. The molecule has 1 fully saturated rings. The largest absolute Gasteiger partial charge is 0.386 e. The Hall–Kier alpha value is -0.890. The van der Waals surface area contributed by atoms with Gasteiger partial charge < -0.3 is 5.11 Å². The number of fused-ring (bicyclic) bond motifs is 1. The standard InChI is InChI=1S/C20H32O2/c1-7-18(4,22)10-11-20(6)14(2)8-9-19(5)15(3)12-16(21)13-17(19)20/h7,12,14,17,22H,1,8-11,13H2,2-6H3/t14?,17-,18?,19?,20?/m0/s1. The Labute approximate surface area is 135 Å². The van der Waals surface area contributed by atoms with Crippen LogP contribution in [-0.2, 0) is 4.79 Å². The second-order valence-corrected chi connectivity index (χ2v) is 8.47.